The van der Waals surface area contributed by atoms with Gasteiger partial charge in [-0.1, -0.05) is 0 Å². The van der Waals surface area contributed by atoms with E-state index in [2.05, 4.69) is 31.2 Å². The molecule has 1 aromatic heterocycles. The minimum atomic E-state index is 0.0667. The maximum atomic E-state index is 11.5. The van der Waals surface area contributed by atoms with E-state index in [-0.39, 0.29) is 11.9 Å². The van der Waals surface area contributed by atoms with Crippen molar-refractivity contribution in [2.75, 3.05) is 23.9 Å². The van der Waals surface area contributed by atoms with Crippen molar-refractivity contribution < 1.29 is 4.79 Å². The molecule has 1 amide bonds. The monoisotopic (exact) mass is 332 g/mol. The van der Waals surface area contributed by atoms with Gasteiger partial charge in [0, 0.05) is 37.8 Å². The Morgan fingerprint density at radius 2 is 2.17 bits per heavy atom. The van der Waals surface area contributed by atoms with Crippen LogP contribution in [0.3, 0.4) is 0 Å². The van der Waals surface area contributed by atoms with Crippen molar-refractivity contribution in [3.8, 4) is 0 Å². The third kappa shape index (κ3) is 3.55. The number of hydrogen-bond donors (Lipinski definition) is 1. The summed E-state index contributed by atoms with van der Waals surface area (Å²) in [5.41, 5.74) is 0. The molecule has 0 saturated carbocycles. The number of aromatic nitrogens is 2. The van der Waals surface area contributed by atoms with Gasteiger partial charge in [0.1, 0.15) is 0 Å². The summed E-state index contributed by atoms with van der Waals surface area (Å²) in [7, 11) is 0. The molecule has 1 saturated heterocycles. The second-order valence-corrected chi connectivity index (χ2v) is 5.46. The van der Waals surface area contributed by atoms with Crippen LogP contribution < -0.4 is 10.2 Å². The summed E-state index contributed by atoms with van der Waals surface area (Å²) in [6, 6.07) is 0.195. The fourth-order valence-electron chi connectivity index (χ4n) is 1.73. The molecule has 0 unspecified atom stereocenters. The third-order valence-electron chi connectivity index (χ3n) is 2.67. The maximum Gasteiger partial charge on any atom is 0.225 e. The summed E-state index contributed by atoms with van der Waals surface area (Å²) < 4.78 is 0.859. The summed E-state index contributed by atoms with van der Waals surface area (Å²) in [5, 5.41) is 2.96. The van der Waals surface area contributed by atoms with Crippen LogP contribution in [0.25, 0.3) is 0 Å². The molecule has 1 N–H and O–H groups in total. The number of nitrogens with one attached hydrogen (secondary N) is 1. The lowest BCUT2D eigenvalue weighted by Crippen LogP contribution is -2.59. The summed E-state index contributed by atoms with van der Waals surface area (Å²) in [6.07, 6.45) is 4.65. The van der Waals surface area contributed by atoms with Gasteiger partial charge in [0.15, 0.2) is 0 Å². The number of halogens is 2. The van der Waals surface area contributed by atoms with Crippen LogP contribution in [-0.2, 0) is 4.79 Å². The van der Waals surface area contributed by atoms with Gasteiger partial charge in [0.25, 0.3) is 0 Å². The van der Waals surface area contributed by atoms with Crippen molar-refractivity contribution in [1.82, 2.24) is 15.3 Å². The van der Waals surface area contributed by atoms with Gasteiger partial charge in [-0.05, 0) is 22.4 Å². The van der Waals surface area contributed by atoms with Crippen molar-refractivity contribution >= 4 is 39.4 Å². The van der Waals surface area contributed by atoms with Crippen LogP contribution in [0.15, 0.2) is 16.9 Å². The second kappa shape index (κ2) is 6.33. The fraction of sp³-hybridized carbons (Fsp3) is 0.545. The van der Waals surface area contributed by atoms with Gasteiger partial charge >= 0.3 is 0 Å². The van der Waals surface area contributed by atoms with Crippen LogP contribution in [0, 0.1) is 0 Å². The van der Waals surface area contributed by atoms with Crippen LogP contribution in [0.1, 0.15) is 12.8 Å². The smallest absolute Gasteiger partial charge is 0.225 e. The van der Waals surface area contributed by atoms with Crippen molar-refractivity contribution in [3.63, 3.8) is 0 Å². The van der Waals surface area contributed by atoms with Crippen LogP contribution in [-0.4, -0.2) is 40.9 Å². The summed E-state index contributed by atoms with van der Waals surface area (Å²) in [4.78, 5) is 21.9. The van der Waals surface area contributed by atoms with Crippen molar-refractivity contribution in [2.45, 2.75) is 18.9 Å². The summed E-state index contributed by atoms with van der Waals surface area (Å²) in [6.45, 7) is 1.52. The number of nitrogens with zero attached hydrogens (tertiary/aromatic N) is 3. The minimum absolute atomic E-state index is 0.0667. The molecule has 7 heteroatoms. The lowest BCUT2D eigenvalue weighted by atomic mass is 10.1. The highest BCUT2D eigenvalue weighted by atomic mass is 79.9. The summed E-state index contributed by atoms with van der Waals surface area (Å²) in [5.74, 6) is 1.29. The largest absolute Gasteiger partial charge is 0.350 e. The molecule has 0 radical (unpaired) electrons. The van der Waals surface area contributed by atoms with Gasteiger partial charge in [-0.25, -0.2) is 9.97 Å². The van der Waals surface area contributed by atoms with E-state index in [1.807, 2.05) is 4.90 Å². The molecule has 1 aromatic rings. The molecular formula is C11H14BrClN4O. The molecular weight excluding hydrogens is 320 g/mol. The predicted octanol–water partition coefficient (Wildman–Crippen LogP) is 1.56. The first-order chi connectivity index (χ1) is 8.69. The second-order valence-electron chi connectivity index (χ2n) is 4.16. The highest BCUT2D eigenvalue weighted by molar-refractivity contribution is 9.10. The van der Waals surface area contributed by atoms with E-state index in [1.165, 1.54) is 0 Å². The van der Waals surface area contributed by atoms with Gasteiger partial charge in [-0.2, -0.15) is 0 Å². The molecule has 2 heterocycles. The van der Waals surface area contributed by atoms with E-state index >= 15 is 0 Å². The lowest BCUT2D eigenvalue weighted by molar-refractivity contribution is -0.121. The molecule has 18 heavy (non-hydrogen) atoms. The first-order valence-electron chi connectivity index (χ1n) is 5.77. The van der Waals surface area contributed by atoms with Crippen molar-refractivity contribution in [2.24, 2.45) is 0 Å². The Balaban J connectivity index is 1.73. The Kier molecular flexibility index (Phi) is 4.77. The average molecular weight is 334 g/mol. The summed E-state index contributed by atoms with van der Waals surface area (Å²) >= 11 is 8.83. The van der Waals surface area contributed by atoms with Crippen molar-refractivity contribution in [3.05, 3.63) is 16.9 Å². The molecule has 0 atom stereocenters. The number of anilines is 1. The van der Waals surface area contributed by atoms with E-state index < -0.39 is 0 Å². The molecule has 5 nitrogen and oxygen atoms in total. The number of amides is 1. The molecule has 0 aliphatic carbocycles. The Bertz CT molecular complexity index is 408. The van der Waals surface area contributed by atoms with Gasteiger partial charge in [-0.3, -0.25) is 4.79 Å². The fourth-order valence-corrected chi connectivity index (χ4v) is 2.07. The number of alkyl halides is 1. The minimum Gasteiger partial charge on any atom is -0.350 e. The zero-order chi connectivity index (χ0) is 13.0. The Labute approximate surface area is 119 Å². The molecule has 0 bridgehead atoms. The molecule has 2 rings (SSSR count). The van der Waals surface area contributed by atoms with Crippen LogP contribution in [0.5, 0.6) is 0 Å². The van der Waals surface area contributed by atoms with Gasteiger partial charge in [0.2, 0.25) is 11.9 Å². The first kappa shape index (κ1) is 13.5. The highest BCUT2D eigenvalue weighted by Gasteiger charge is 2.29. The SMILES string of the molecule is O=C(CCCCl)NC1CN(c2ncc(Br)cn2)C1. The zero-order valence-corrected chi connectivity index (χ0v) is 12.1. The third-order valence-corrected chi connectivity index (χ3v) is 3.35. The van der Waals surface area contributed by atoms with E-state index in [0.717, 1.165) is 24.0 Å². The lowest BCUT2D eigenvalue weighted by Gasteiger charge is -2.39. The van der Waals surface area contributed by atoms with Crippen LogP contribution in [0.2, 0.25) is 0 Å². The normalized spacial score (nSPS) is 15.3. The van der Waals surface area contributed by atoms with Crippen LogP contribution in [0.4, 0.5) is 5.95 Å². The van der Waals surface area contributed by atoms with Crippen molar-refractivity contribution in [1.29, 1.82) is 0 Å². The van der Waals surface area contributed by atoms with Gasteiger partial charge in [0.05, 0.1) is 10.5 Å². The van der Waals surface area contributed by atoms with E-state index in [9.17, 15) is 4.79 Å². The Morgan fingerprint density at radius 3 is 2.78 bits per heavy atom. The number of carbonyl (C=O) groups is 1. The molecule has 0 aromatic carbocycles. The van der Waals surface area contributed by atoms with Crippen LogP contribution >= 0.6 is 27.5 Å². The molecule has 0 spiro atoms. The Morgan fingerprint density at radius 1 is 1.50 bits per heavy atom. The molecule has 1 fully saturated rings. The van der Waals surface area contributed by atoms with E-state index in [0.29, 0.717) is 18.2 Å². The van der Waals surface area contributed by atoms with Gasteiger partial charge < -0.3 is 10.2 Å². The van der Waals surface area contributed by atoms with Gasteiger partial charge in [-0.15, -0.1) is 11.6 Å². The molecule has 1 aliphatic heterocycles. The Hall–Kier alpha value is -0.880. The quantitative estimate of drug-likeness (QED) is 0.831. The average Bonchev–Trinajstić information content (AvgIpc) is 2.32. The zero-order valence-electron chi connectivity index (χ0n) is 9.77. The molecule has 1 aliphatic rings. The molecule has 98 valence electrons. The van der Waals surface area contributed by atoms with E-state index in [4.69, 9.17) is 11.6 Å². The standard InChI is InChI=1S/C11H14BrClN4O/c12-8-4-14-11(15-5-8)17-6-9(7-17)16-10(18)2-1-3-13/h4-5,9H,1-3,6-7H2,(H,16,18). The first-order valence-corrected chi connectivity index (χ1v) is 7.09. The number of rotatable bonds is 5. The predicted molar refractivity (Wildman–Crippen MR) is 73.8 cm³/mol. The highest BCUT2D eigenvalue weighted by Crippen LogP contribution is 2.17. The number of carbonyl (C=O) groups excluding carboxylic acids is 1. The topological polar surface area (TPSA) is 58.1 Å². The van der Waals surface area contributed by atoms with E-state index in [1.54, 1.807) is 12.4 Å². The maximum absolute atomic E-state index is 11.5. The number of hydrogen-bond acceptors (Lipinski definition) is 4.